The Labute approximate surface area is 119 Å². The Balaban J connectivity index is 1.83. The standard InChI is InChI=1S/C14H24N2O4/c1-14(5-3-7-20-14)13(19)16-6-2-4-11(10-16)8-15-9-12(17)18/h11,15H,2-10H2,1H3,(H,17,18). The molecule has 2 unspecified atom stereocenters. The van der Waals surface area contributed by atoms with Crippen molar-refractivity contribution < 1.29 is 19.4 Å². The van der Waals surface area contributed by atoms with Crippen LogP contribution in [-0.4, -0.2) is 60.3 Å². The minimum absolute atomic E-state index is 0.0225. The number of nitrogens with zero attached hydrogens (tertiary/aromatic N) is 1. The lowest BCUT2D eigenvalue weighted by atomic mass is 9.94. The van der Waals surface area contributed by atoms with Crippen LogP contribution in [0.1, 0.15) is 32.6 Å². The van der Waals surface area contributed by atoms with Gasteiger partial charge in [0.2, 0.25) is 0 Å². The molecule has 20 heavy (non-hydrogen) atoms. The first-order valence-corrected chi connectivity index (χ1v) is 7.37. The maximum Gasteiger partial charge on any atom is 0.317 e. The van der Waals surface area contributed by atoms with Crippen LogP contribution in [0.4, 0.5) is 0 Å². The van der Waals surface area contributed by atoms with Crippen molar-refractivity contribution in [2.24, 2.45) is 5.92 Å². The molecule has 0 aromatic carbocycles. The SMILES string of the molecule is CC1(C(=O)N2CCCC(CNCC(=O)O)C2)CCCO1. The summed E-state index contributed by atoms with van der Waals surface area (Å²) in [5.74, 6) is -0.421. The fraction of sp³-hybridized carbons (Fsp3) is 0.857. The Hall–Kier alpha value is -1.14. The Morgan fingerprint density at radius 3 is 2.90 bits per heavy atom. The van der Waals surface area contributed by atoms with Gasteiger partial charge in [-0.05, 0) is 38.5 Å². The number of likely N-dealkylation sites (tertiary alicyclic amines) is 1. The molecule has 0 radical (unpaired) electrons. The van der Waals surface area contributed by atoms with Gasteiger partial charge in [0.25, 0.3) is 5.91 Å². The van der Waals surface area contributed by atoms with Crippen molar-refractivity contribution in [3.05, 3.63) is 0 Å². The monoisotopic (exact) mass is 284 g/mol. The molecule has 2 aliphatic heterocycles. The molecule has 2 aliphatic rings. The first kappa shape index (κ1) is 15.3. The second kappa shape index (κ2) is 6.54. The summed E-state index contributed by atoms with van der Waals surface area (Å²) in [4.78, 5) is 24.9. The fourth-order valence-corrected chi connectivity index (χ4v) is 3.08. The number of hydrogen-bond donors (Lipinski definition) is 2. The van der Waals surface area contributed by atoms with Crippen molar-refractivity contribution >= 4 is 11.9 Å². The molecule has 2 saturated heterocycles. The Bertz CT molecular complexity index is 366. The number of carboxylic acid groups (broad SMARTS) is 1. The molecular formula is C14H24N2O4. The third kappa shape index (κ3) is 3.70. The van der Waals surface area contributed by atoms with Crippen LogP contribution in [0.2, 0.25) is 0 Å². The maximum absolute atomic E-state index is 12.5. The van der Waals surface area contributed by atoms with Crippen LogP contribution in [0, 0.1) is 5.92 Å². The summed E-state index contributed by atoms with van der Waals surface area (Å²) in [6.07, 6.45) is 3.75. The summed E-state index contributed by atoms with van der Waals surface area (Å²) in [5.41, 5.74) is -0.642. The molecule has 114 valence electrons. The van der Waals surface area contributed by atoms with Crippen LogP contribution < -0.4 is 5.32 Å². The van der Waals surface area contributed by atoms with Gasteiger partial charge in [0, 0.05) is 26.2 Å². The van der Waals surface area contributed by atoms with E-state index < -0.39 is 11.6 Å². The molecule has 6 heteroatoms. The van der Waals surface area contributed by atoms with Crippen molar-refractivity contribution in [2.45, 2.75) is 38.2 Å². The second-order valence-corrected chi connectivity index (χ2v) is 5.97. The van der Waals surface area contributed by atoms with Gasteiger partial charge >= 0.3 is 5.97 Å². The van der Waals surface area contributed by atoms with E-state index in [9.17, 15) is 9.59 Å². The molecule has 2 fully saturated rings. The van der Waals surface area contributed by atoms with Crippen LogP contribution in [0.15, 0.2) is 0 Å². The van der Waals surface area contributed by atoms with E-state index in [0.29, 0.717) is 25.6 Å². The van der Waals surface area contributed by atoms with Gasteiger partial charge < -0.3 is 20.1 Å². The molecular weight excluding hydrogens is 260 g/mol. The molecule has 1 amide bonds. The zero-order chi connectivity index (χ0) is 14.6. The lowest BCUT2D eigenvalue weighted by Gasteiger charge is -2.37. The summed E-state index contributed by atoms with van der Waals surface area (Å²) in [7, 11) is 0. The number of amides is 1. The van der Waals surface area contributed by atoms with Crippen molar-refractivity contribution in [2.75, 3.05) is 32.8 Å². The van der Waals surface area contributed by atoms with Crippen molar-refractivity contribution in [1.29, 1.82) is 0 Å². The van der Waals surface area contributed by atoms with Crippen LogP contribution in [-0.2, 0) is 14.3 Å². The number of rotatable bonds is 5. The van der Waals surface area contributed by atoms with Gasteiger partial charge in [-0.15, -0.1) is 0 Å². The third-order valence-corrected chi connectivity index (χ3v) is 4.19. The highest BCUT2D eigenvalue weighted by Gasteiger charge is 2.41. The number of carbonyl (C=O) groups is 2. The zero-order valence-electron chi connectivity index (χ0n) is 12.1. The van der Waals surface area contributed by atoms with Gasteiger partial charge in [-0.1, -0.05) is 0 Å². The van der Waals surface area contributed by atoms with Gasteiger partial charge in [-0.25, -0.2) is 0 Å². The number of piperidine rings is 1. The van der Waals surface area contributed by atoms with E-state index in [2.05, 4.69) is 5.32 Å². The quantitative estimate of drug-likeness (QED) is 0.767. The minimum atomic E-state index is -0.847. The number of hydrogen-bond acceptors (Lipinski definition) is 4. The normalized spacial score (nSPS) is 30.4. The molecule has 2 heterocycles. The molecule has 2 N–H and O–H groups in total. The summed E-state index contributed by atoms with van der Waals surface area (Å²) in [5, 5.41) is 11.5. The van der Waals surface area contributed by atoms with E-state index in [1.165, 1.54) is 0 Å². The topological polar surface area (TPSA) is 78.9 Å². The lowest BCUT2D eigenvalue weighted by molar-refractivity contribution is -0.152. The molecule has 0 spiro atoms. The average molecular weight is 284 g/mol. The van der Waals surface area contributed by atoms with Gasteiger partial charge in [0.1, 0.15) is 5.60 Å². The Kier molecular flexibility index (Phi) is 4.99. The van der Waals surface area contributed by atoms with Crippen LogP contribution >= 0.6 is 0 Å². The number of carboxylic acids is 1. The molecule has 0 aromatic heterocycles. The van der Waals surface area contributed by atoms with Crippen LogP contribution in [0.5, 0.6) is 0 Å². The third-order valence-electron chi connectivity index (χ3n) is 4.19. The Morgan fingerprint density at radius 1 is 1.45 bits per heavy atom. The predicted molar refractivity (Wildman–Crippen MR) is 73.4 cm³/mol. The number of aliphatic carboxylic acids is 1. The molecule has 2 atom stereocenters. The summed E-state index contributed by atoms with van der Waals surface area (Å²) < 4.78 is 5.62. The Morgan fingerprint density at radius 2 is 2.25 bits per heavy atom. The van der Waals surface area contributed by atoms with E-state index in [1.54, 1.807) is 0 Å². The van der Waals surface area contributed by atoms with Gasteiger partial charge in [0.05, 0.1) is 6.54 Å². The fourth-order valence-electron chi connectivity index (χ4n) is 3.08. The zero-order valence-corrected chi connectivity index (χ0v) is 12.1. The largest absolute Gasteiger partial charge is 0.480 e. The van der Waals surface area contributed by atoms with Crippen molar-refractivity contribution in [3.8, 4) is 0 Å². The highest BCUT2D eigenvalue weighted by molar-refractivity contribution is 5.85. The van der Waals surface area contributed by atoms with E-state index in [-0.39, 0.29) is 12.5 Å². The molecule has 0 aromatic rings. The first-order valence-electron chi connectivity index (χ1n) is 7.37. The summed E-state index contributed by atoms with van der Waals surface area (Å²) in [6, 6.07) is 0. The van der Waals surface area contributed by atoms with Gasteiger partial charge in [-0.2, -0.15) is 0 Å². The van der Waals surface area contributed by atoms with Crippen molar-refractivity contribution in [3.63, 3.8) is 0 Å². The predicted octanol–water partition coefficient (Wildman–Crippen LogP) is 0.468. The highest BCUT2D eigenvalue weighted by atomic mass is 16.5. The van der Waals surface area contributed by atoms with Crippen LogP contribution in [0.25, 0.3) is 0 Å². The number of nitrogens with one attached hydrogen (secondary N) is 1. The van der Waals surface area contributed by atoms with E-state index in [1.807, 2.05) is 11.8 Å². The molecule has 0 aliphatic carbocycles. The van der Waals surface area contributed by atoms with Gasteiger partial charge in [-0.3, -0.25) is 9.59 Å². The van der Waals surface area contributed by atoms with E-state index >= 15 is 0 Å². The maximum atomic E-state index is 12.5. The second-order valence-electron chi connectivity index (χ2n) is 5.97. The lowest BCUT2D eigenvalue weighted by Crippen LogP contribution is -2.51. The molecule has 2 rings (SSSR count). The molecule has 6 nitrogen and oxygen atoms in total. The van der Waals surface area contributed by atoms with Crippen LogP contribution in [0.3, 0.4) is 0 Å². The summed E-state index contributed by atoms with van der Waals surface area (Å²) >= 11 is 0. The number of ether oxygens (including phenoxy) is 1. The summed E-state index contributed by atoms with van der Waals surface area (Å²) in [6.45, 7) is 4.66. The molecule has 0 saturated carbocycles. The molecule has 0 bridgehead atoms. The minimum Gasteiger partial charge on any atom is -0.480 e. The number of carbonyl (C=O) groups excluding carboxylic acids is 1. The van der Waals surface area contributed by atoms with Crippen molar-refractivity contribution in [1.82, 2.24) is 10.2 Å². The van der Waals surface area contributed by atoms with Gasteiger partial charge in [0.15, 0.2) is 0 Å². The first-order chi connectivity index (χ1) is 9.51. The van der Waals surface area contributed by atoms with E-state index in [4.69, 9.17) is 9.84 Å². The highest BCUT2D eigenvalue weighted by Crippen LogP contribution is 2.29. The smallest absolute Gasteiger partial charge is 0.317 e. The average Bonchev–Trinajstić information content (AvgIpc) is 2.86. The van der Waals surface area contributed by atoms with E-state index in [0.717, 1.165) is 32.2 Å².